The van der Waals surface area contributed by atoms with Gasteiger partial charge in [0.2, 0.25) is 5.16 Å². The third kappa shape index (κ3) is 5.38. The first-order valence-corrected chi connectivity index (χ1v) is 9.36. The van der Waals surface area contributed by atoms with E-state index in [4.69, 9.17) is 9.47 Å². The molecule has 0 N–H and O–H groups in total. The second-order valence-electron chi connectivity index (χ2n) is 5.61. The van der Waals surface area contributed by atoms with E-state index in [1.807, 2.05) is 31.2 Å². The number of aromatic nitrogens is 4. The van der Waals surface area contributed by atoms with Gasteiger partial charge < -0.3 is 9.47 Å². The van der Waals surface area contributed by atoms with Crippen LogP contribution >= 0.6 is 11.8 Å². The molecule has 1 heterocycles. The molecule has 148 valence electrons. The van der Waals surface area contributed by atoms with E-state index in [-0.39, 0.29) is 5.75 Å². The average Bonchev–Trinajstić information content (AvgIpc) is 3.14. The number of tetrazole rings is 1. The van der Waals surface area contributed by atoms with Gasteiger partial charge in [-0.2, -0.15) is 17.9 Å². The van der Waals surface area contributed by atoms with Crippen molar-refractivity contribution in [3.63, 3.8) is 0 Å². The van der Waals surface area contributed by atoms with Gasteiger partial charge in [0.15, 0.2) is 6.61 Å². The zero-order chi connectivity index (χ0) is 20.0. The number of hydrogen-bond donors (Lipinski definition) is 0. The Morgan fingerprint density at radius 3 is 2.68 bits per heavy atom. The molecule has 3 rings (SSSR count). The molecule has 0 bridgehead atoms. The van der Waals surface area contributed by atoms with Crippen LogP contribution in [0.1, 0.15) is 12.5 Å². The minimum atomic E-state index is -4.37. The Kier molecular flexibility index (Phi) is 6.40. The van der Waals surface area contributed by atoms with Gasteiger partial charge in [0.05, 0.1) is 6.61 Å². The van der Waals surface area contributed by atoms with Gasteiger partial charge in [0.25, 0.3) is 0 Å². The van der Waals surface area contributed by atoms with Crippen LogP contribution in [-0.4, -0.2) is 39.6 Å². The lowest BCUT2D eigenvalue weighted by atomic mass is 10.2. The minimum absolute atomic E-state index is 0.164. The third-order valence-electron chi connectivity index (χ3n) is 3.50. The second-order valence-corrected chi connectivity index (χ2v) is 6.56. The molecule has 28 heavy (non-hydrogen) atoms. The molecule has 0 fully saturated rings. The molecule has 0 aliphatic carbocycles. The molecule has 0 spiro atoms. The van der Waals surface area contributed by atoms with E-state index in [0.29, 0.717) is 29.0 Å². The van der Waals surface area contributed by atoms with Gasteiger partial charge in [-0.25, -0.2) is 0 Å². The van der Waals surface area contributed by atoms with Crippen LogP contribution in [0.25, 0.3) is 5.69 Å². The minimum Gasteiger partial charge on any atom is -0.492 e. The molecule has 1 aromatic heterocycles. The molecule has 10 heteroatoms. The third-order valence-corrected chi connectivity index (χ3v) is 4.49. The Labute approximate surface area is 163 Å². The van der Waals surface area contributed by atoms with Crippen LogP contribution in [0.5, 0.6) is 11.5 Å². The number of thioether (sulfide) groups is 1. The highest BCUT2D eigenvalue weighted by molar-refractivity contribution is 7.98. The molecule has 0 amide bonds. The van der Waals surface area contributed by atoms with Gasteiger partial charge in [-0.1, -0.05) is 36.0 Å². The van der Waals surface area contributed by atoms with Crippen LogP contribution in [-0.2, 0) is 5.75 Å². The Bertz CT molecular complexity index is 918. The first-order chi connectivity index (χ1) is 13.5. The fourth-order valence-electron chi connectivity index (χ4n) is 2.37. The van der Waals surface area contributed by atoms with E-state index in [9.17, 15) is 13.2 Å². The fourth-order valence-corrected chi connectivity index (χ4v) is 3.19. The van der Waals surface area contributed by atoms with Crippen molar-refractivity contribution in [1.29, 1.82) is 0 Å². The summed E-state index contributed by atoms with van der Waals surface area (Å²) in [7, 11) is 0. The van der Waals surface area contributed by atoms with E-state index < -0.39 is 12.8 Å². The van der Waals surface area contributed by atoms with Gasteiger partial charge in [0, 0.05) is 5.75 Å². The molecule has 0 aliphatic heterocycles. The smallest absolute Gasteiger partial charge is 0.422 e. The number of alkyl halides is 3. The standard InChI is InChI=1S/C18H17F3N4O2S/c1-2-26-16-9-4-3-8-15(16)25-17(22-23-24-25)28-11-13-6-5-7-14(10-13)27-12-18(19,20)21/h3-10H,2,11-12H2,1H3. The maximum Gasteiger partial charge on any atom is 0.422 e. The largest absolute Gasteiger partial charge is 0.492 e. The van der Waals surface area contributed by atoms with E-state index in [2.05, 4.69) is 15.5 Å². The van der Waals surface area contributed by atoms with Crippen LogP contribution in [0.4, 0.5) is 13.2 Å². The Balaban J connectivity index is 1.71. The lowest BCUT2D eigenvalue weighted by molar-refractivity contribution is -0.153. The molecule has 3 aromatic rings. The van der Waals surface area contributed by atoms with Crippen molar-refractivity contribution >= 4 is 11.8 Å². The van der Waals surface area contributed by atoms with Crippen LogP contribution in [0.2, 0.25) is 0 Å². The van der Waals surface area contributed by atoms with Crippen molar-refractivity contribution in [1.82, 2.24) is 20.2 Å². The van der Waals surface area contributed by atoms with Crippen LogP contribution in [0.15, 0.2) is 53.7 Å². The molecule has 0 aliphatic rings. The van der Waals surface area contributed by atoms with Gasteiger partial charge in [-0.3, -0.25) is 0 Å². The Morgan fingerprint density at radius 1 is 1.07 bits per heavy atom. The van der Waals surface area contributed by atoms with E-state index in [1.54, 1.807) is 22.9 Å². The highest BCUT2D eigenvalue weighted by Gasteiger charge is 2.28. The van der Waals surface area contributed by atoms with Gasteiger partial charge >= 0.3 is 6.18 Å². The normalized spacial score (nSPS) is 11.4. The van der Waals surface area contributed by atoms with Crippen LogP contribution in [0.3, 0.4) is 0 Å². The number of rotatable bonds is 8. The topological polar surface area (TPSA) is 62.1 Å². The molecule has 0 atom stereocenters. The van der Waals surface area contributed by atoms with Crippen LogP contribution in [0, 0.1) is 0 Å². The van der Waals surface area contributed by atoms with Gasteiger partial charge in [-0.15, -0.1) is 5.10 Å². The van der Waals surface area contributed by atoms with E-state index in [1.165, 1.54) is 17.8 Å². The molecule has 0 saturated carbocycles. The predicted octanol–water partition coefficient (Wildman–Crippen LogP) is 4.29. The van der Waals surface area contributed by atoms with Crippen molar-refractivity contribution in [2.75, 3.05) is 13.2 Å². The molecule has 0 radical (unpaired) electrons. The van der Waals surface area contributed by atoms with Gasteiger partial charge in [-0.05, 0) is 47.2 Å². The maximum absolute atomic E-state index is 12.3. The van der Waals surface area contributed by atoms with Crippen LogP contribution < -0.4 is 9.47 Å². The van der Waals surface area contributed by atoms with Gasteiger partial charge in [0.1, 0.15) is 17.2 Å². The highest BCUT2D eigenvalue weighted by Crippen LogP contribution is 2.28. The Hall–Kier alpha value is -2.75. The van der Waals surface area contributed by atoms with E-state index in [0.717, 1.165) is 5.56 Å². The zero-order valence-electron chi connectivity index (χ0n) is 14.9. The first-order valence-electron chi connectivity index (χ1n) is 8.38. The van der Waals surface area contributed by atoms with Crippen molar-refractivity contribution in [2.24, 2.45) is 0 Å². The van der Waals surface area contributed by atoms with Crippen molar-refractivity contribution in [2.45, 2.75) is 24.0 Å². The monoisotopic (exact) mass is 410 g/mol. The summed E-state index contributed by atoms with van der Waals surface area (Å²) in [6.07, 6.45) is -4.37. The molecule has 6 nitrogen and oxygen atoms in total. The lowest BCUT2D eigenvalue weighted by Gasteiger charge is -2.11. The van der Waals surface area contributed by atoms with Crippen molar-refractivity contribution in [3.8, 4) is 17.2 Å². The number of ether oxygens (including phenoxy) is 2. The number of halogens is 3. The highest BCUT2D eigenvalue weighted by atomic mass is 32.2. The summed E-state index contributed by atoms with van der Waals surface area (Å²) in [5.74, 6) is 1.28. The average molecular weight is 410 g/mol. The number of benzene rings is 2. The van der Waals surface area contributed by atoms with Crippen molar-refractivity contribution < 1.29 is 22.6 Å². The summed E-state index contributed by atoms with van der Waals surface area (Å²) >= 11 is 1.35. The van der Waals surface area contributed by atoms with Crippen molar-refractivity contribution in [3.05, 3.63) is 54.1 Å². The zero-order valence-corrected chi connectivity index (χ0v) is 15.7. The predicted molar refractivity (Wildman–Crippen MR) is 97.9 cm³/mol. The first kappa shape index (κ1) is 20.0. The molecule has 2 aromatic carbocycles. The maximum atomic E-state index is 12.3. The summed E-state index contributed by atoms with van der Waals surface area (Å²) in [6, 6.07) is 13.9. The summed E-state index contributed by atoms with van der Waals surface area (Å²) < 4.78 is 48.9. The Morgan fingerprint density at radius 2 is 1.89 bits per heavy atom. The lowest BCUT2D eigenvalue weighted by Crippen LogP contribution is -2.19. The number of nitrogens with zero attached hydrogens (tertiary/aromatic N) is 4. The summed E-state index contributed by atoms with van der Waals surface area (Å²) in [5.41, 5.74) is 1.50. The summed E-state index contributed by atoms with van der Waals surface area (Å²) in [6.45, 7) is 1.07. The SMILES string of the molecule is CCOc1ccccc1-n1nnnc1SCc1cccc(OCC(F)(F)F)c1. The molecular weight excluding hydrogens is 393 g/mol. The number of para-hydroxylation sites is 2. The molecule has 0 saturated heterocycles. The summed E-state index contributed by atoms with van der Waals surface area (Å²) in [4.78, 5) is 0. The molecular formula is C18H17F3N4O2S. The fraction of sp³-hybridized carbons (Fsp3) is 0.278. The second kappa shape index (κ2) is 8.96. The molecule has 0 unspecified atom stereocenters. The quantitative estimate of drug-likeness (QED) is 0.516. The number of hydrogen-bond acceptors (Lipinski definition) is 6. The van der Waals surface area contributed by atoms with E-state index >= 15 is 0 Å². The summed E-state index contributed by atoms with van der Waals surface area (Å²) in [5, 5.41) is 12.3.